The number of aromatic nitrogens is 10. The number of pyridine rings is 5. The monoisotopic (exact) mass is 2110 g/mol. The number of carbonyl (C=O) groups excluding carboxylic acids is 10. The number of aliphatic hydroxyl groups excluding tert-OH is 2. The molecule has 3 aliphatic rings. The molecule has 35 nitrogen and oxygen atoms in total. The van der Waals surface area contributed by atoms with Gasteiger partial charge in [0, 0.05) is 156 Å². The highest BCUT2D eigenvalue weighted by atomic mass is 35.5. The van der Waals surface area contributed by atoms with E-state index in [0.29, 0.717) is 155 Å². The highest BCUT2D eigenvalue weighted by Gasteiger charge is 2.36. The lowest BCUT2D eigenvalue weighted by atomic mass is 10.0. The lowest BCUT2D eigenvalue weighted by molar-refractivity contribution is -0.170. The van der Waals surface area contributed by atoms with E-state index in [1.54, 1.807) is 131 Å². The van der Waals surface area contributed by atoms with Gasteiger partial charge in [-0.1, -0.05) is 119 Å². The van der Waals surface area contributed by atoms with Gasteiger partial charge in [-0.25, -0.2) is 51.9 Å². The average molecular weight is 2120 g/mol. The molecule has 10 aromatic heterocycles. The van der Waals surface area contributed by atoms with Crippen LogP contribution in [0.3, 0.4) is 0 Å². The lowest BCUT2D eigenvalue weighted by Crippen LogP contribution is -2.55. The quantitative estimate of drug-likeness (QED) is 0.0160. The number of likely N-dealkylation sites (tertiary alicyclic amines) is 1. The van der Waals surface area contributed by atoms with Crippen LogP contribution in [0.4, 0.5) is 22.0 Å². The largest absolute Gasteiger partial charge is 0.395 e. The van der Waals surface area contributed by atoms with Crippen LogP contribution in [0.2, 0.25) is 25.1 Å². The van der Waals surface area contributed by atoms with Gasteiger partial charge in [0.05, 0.1) is 58.1 Å². The van der Waals surface area contributed by atoms with E-state index in [1.807, 2.05) is 7.05 Å². The molecule has 45 heteroatoms. The van der Waals surface area contributed by atoms with Gasteiger partial charge in [0.25, 0.3) is 35.4 Å². The van der Waals surface area contributed by atoms with Crippen LogP contribution < -0.4 is 31.9 Å². The number of hydrogen-bond acceptors (Lipinski definition) is 20. The number of ether oxygens (including phenoxy) is 1. The summed E-state index contributed by atoms with van der Waals surface area (Å²) < 4.78 is 71.4. The van der Waals surface area contributed by atoms with E-state index in [0.717, 1.165) is 29.3 Å². The fourth-order valence-electron chi connectivity index (χ4n) is 16.1. The predicted octanol–water partition coefficient (Wildman–Crippen LogP) is 11.8. The number of aliphatic hydroxyl groups is 2. The Hall–Kier alpha value is -14.9. The van der Waals surface area contributed by atoms with Gasteiger partial charge in [-0.05, 0) is 163 Å². The van der Waals surface area contributed by atoms with Crippen molar-refractivity contribution < 1.29 is 89.7 Å². The Balaban J connectivity index is 0.000000145. The molecule has 3 aliphatic heterocycles. The molecular formula is C102H99Cl5F5N21O14. The molecule has 13 heterocycles. The van der Waals surface area contributed by atoms with Gasteiger partial charge < -0.3 is 91.4 Å². The molecular weight excluding hydrogens is 2020 g/mol. The number of β-amino-alcohol motifs (C(OH)–C–C–N with tert-alkyl or cyclic N) is 1. The Labute approximate surface area is 861 Å². The summed E-state index contributed by atoms with van der Waals surface area (Å²) in [6.45, 7) is 5.06. The van der Waals surface area contributed by atoms with Crippen molar-refractivity contribution >= 4 is 172 Å². The molecule has 10 amide bonds. The van der Waals surface area contributed by atoms with Gasteiger partial charge in [-0.3, -0.25) is 52.8 Å². The number of piperazine rings is 1. The second kappa shape index (κ2) is 50.8. The number of hydrogen-bond donors (Lipinski definition) is 13. The first-order valence-electron chi connectivity index (χ1n) is 46.1. The minimum Gasteiger partial charge on any atom is -0.395 e. The van der Waals surface area contributed by atoms with E-state index in [-0.39, 0.29) is 116 Å². The van der Waals surface area contributed by atoms with Crippen LogP contribution >= 0.6 is 58.0 Å². The van der Waals surface area contributed by atoms with Crippen molar-refractivity contribution in [3.05, 3.63) is 323 Å². The summed E-state index contributed by atoms with van der Waals surface area (Å²) in [5.74, 6) is -5.70. The summed E-state index contributed by atoms with van der Waals surface area (Å²) in [7, 11) is 4.80. The van der Waals surface area contributed by atoms with E-state index >= 15 is 0 Å². The fourth-order valence-corrected chi connectivity index (χ4v) is 16.9. The van der Waals surface area contributed by atoms with E-state index in [9.17, 15) is 75.0 Å². The highest BCUT2D eigenvalue weighted by Crippen LogP contribution is 2.27. The molecule has 3 fully saturated rings. The smallest absolute Gasteiger partial charge is 0.268 e. The SMILES string of the molecule is CN1CCN(C(=O)[C@H](Cc2ccc(F)cc2)NC(=O)c2cc3cc(Cl)cnc3[nH]2)CC1.CON(C)C(=O)[C@H](Cc1ccc(F)cc1)NC(=O)c1cc2cc(Cl)cnc2[nH]1.O=C(N[C@@H](Cc1ccc(F)cc1)C(=O)N1CCOCC1)c1cc2cc(Cl)cnc2[nH]1.O=C(N[C@@H](Cc1ccc(F)cc1)C(=O)N1CC[C@@H](O)C1)c1cc2cc(Cl)cnc2[nH]1.O=C(N[C@@H](Cc1ccc(F)cc1)C(=O)NCCO)c1cc2cc(Cl)cnc2[nH]1. The van der Waals surface area contributed by atoms with E-state index < -0.39 is 83.5 Å². The molecule has 0 radical (unpaired) electrons. The first-order chi connectivity index (χ1) is 70.6. The molecule has 3 saturated heterocycles. The zero-order chi connectivity index (χ0) is 105. The summed E-state index contributed by atoms with van der Waals surface area (Å²) in [6, 6.07) is 41.3. The molecule has 0 spiro atoms. The van der Waals surface area contributed by atoms with Crippen molar-refractivity contribution in [3.63, 3.8) is 0 Å². The van der Waals surface area contributed by atoms with Gasteiger partial charge in [0.1, 0.15) is 116 Å². The van der Waals surface area contributed by atoms with Crippen LogP contribution in [0.5, 0.6) is 0 Å². The van der Waals surface area contributed by atoms with Gasteiger partial charge in [0.15, 0.2) is 0 Å². The molecule has 0 unspecified atom stereocenters. The molecule has 0 saturated carbocycles. The number of hydroxylamine groups is 2. The number of halogens is 10. The third-order valence-corrected chi connectivity index (χ3v) is 24.8. The van der Waals surface area contributed by atoms with Crippen molar-refractivity contribution in [2.45, 2.75) is 74.8 Å². The summed E-state index contributed by atoms with van der Waals surface area (Å²) in [5, 5.41) is 41.7. The lowest BCUT2D eigenvalue weighted by Gasteiger charge is -2.34. The number of aromatic amines is 5. The summed E-state index contributed by atoms with van der Waals surface area (Å²) in [5.41, 5.74) is 7.43. The molecule has 6 atom stereocenters. The van der Waals surface area contributed by atoms with Crippen LogP contribution in [0, 0.1) is 29.1 Å². The van der Waals surface area contributed by atoms with Crippen LogP contribution in [0.25, 0.3) is 55.2 Å². The third-order valence-electron chi connectivity index (χ3n) is 23.8. The number of morpholine rings is 1. The summed E-state index contributed by atoms with van der Waals surface area (Å²) in [6.07, 6.45) is 8.35. The Bertz CT molecular complexity index is 7040. The Morgan fingerprint density at radius 2 is 0.660 bits per heavy atom. The maximum Gasteiger partial charge on any atom is 0.268 e. The highest BCUT2D eigenvalue weighted by molar-refractivity contribution is 6.32. The molecule has 0 aliphatic carbocycles. The third kappa shape index (κ3) is 30.2. The van der Waals surface area contributed by atoms with Crippen molar-refractivity contribution in [2.75, 3.05) is 99.9 Å². The van der Waals surface area contributed by atoms with E-state index in [4.69, 9.17) is 72.7 Å². The zero-order valence-electron chi connectivity index (χ0n) is 78.9. The Morgan fingerprint density at radius 3 is 0.939 bits per heavy atom. The van der Waals surface area contributed by atoms with Crippen LogP contribution in [-0.2, 0) is 65.7 Å². The van der Waals surface area contributed by atoms with Crippen LogP contribution in [0.1, 0.15) is 86.7 Å². The molecule has 0 bridgehead atoms. The maximum absolute atomic E-state index is 13.3. The van der Waals surface area contributed by atoms with Gasteiger partial charge in [-0.2, -0.15) is 0 Å². The molecule has 13 N–H and O–H groups in total. The Kier molecular flexibility index (Phi) is 37.3. The topological polar surface area (TPSA) is 461 Å². The number of amides is 10. The first-order valence-corrected chi connectivity index (χ1v) is 48.0. The number of nitrogens with zero attached hydrogens (tertiary/aromatic N) is 10. The number of rotatable bonds is 28. The fraction of sp³-hybridized carbons (Fsp3) is 0.265. The predicted molar refractivity (Wildman–Crippen MR) is 541 cm³/mol. The number of H-pyrrole nitrogens is 5. The van der Waals surface area contributed by atoms with E-state index in [1.165, 1.54) is 111 Å². The summed E-state index contributed by atoms with van der Waals surface area (Å²) in [4.78, 5) is 176. The molecule has 147 heavy (non-hydrogen) atoms. The first kappa shape index (κ1) is 108. The minimum atomic E-state index is -0.911. The van der Waals surface area contributed by atoms with E-state index in [2.05, 4.69) is 86.6 Å². The van der Waals surface area contributed by atoms with Gasteiger partial charge >= 0.3 is 0 Å². The number of likely N-dealkylation sites (N-methyl/N-ethyl adjacent to an activating group) is 2. The molecule has 766 valence electrons. The maximum atomic E-state index is 13.3. The van der Waals surface area contributed by atoms with Crippen molar-refractivity contribution in [1.82, 2.24) is 106 Å². The minimum absolute atomic E-state index is 0.0590. The standard InChI is InChI=1S/C22H23ClFN5O2.2C21H20ClFN4O3.2C19H18ClFN4O3/c1-28-6-8-29(9-7-28)22(31)19(10-14-2-4-17(24)5-3-14)27-21(30)18-12-15-11-16(23)13-25-20(15)26-18;22-15-10-14-11-17(25-19(14)24-12-15)20(28)26-18(9-13-1-3-16(23)4-2-13)21(29)27-5-7-30-8-6-27;22-14-8-13-9-17(25-19(13)24-10-14)20(29)26-18(7-12-1-3-15(23)4-2-12)21(30)27-6-5-16(28)11-27;1-25(28-2)19(27)16(7-11-3-5-14(21)6-4-11)24-18(26)15-9-12-8-13(20)10-22-17(12)23-15;20-13-8-12-9-16(24-17(12)23-10-13)19(28)25-15(18(27)22-5-6-26)7-11-1-3-14(21)4-2-11/h2-5,11-13,19H,6-10H2,1H3,(H,25,26)(H,27,30);1-4,10-12,18H,5-9H2,(H,24,25)(H,26,28);1-4,8-10,16,18,28H,5-7,11H2,(H,24,25)(H,26,29);3-6,8-10,16H,7H2,1-2H3,(H,22,23)(H,24,26);1-4,8-10,15,26H,5-7H2,(H,22,27)(H,23,24)(H,25,28)/t19-;18-;16-,18+;16-;15-/m00100/s1. The second-order valence-electron chi connectivity index (χ2n) is 34.5. The number of benzene rings is 5. The van der Waals surface area contributed by atoms with Crippen LogP contribution in [-0.4, -0.2) is 280 Å². The van der Waals surface area contributed by atoms with Crippen molar-refractivity contribution in [3.8, 4) is 0 Å². The molecule has 15 aromatic rings. The molecule has 5 aromatic carbocycles. The van der Waals surface area contributed by atoms with Crippen molar-refractivity contribution in [1.29, 1.82) is 0 Å². The number of nitrogens with one attached hydrogen (secondary N) is 11. The molecule has 18 rings (SSSR count). The summed E-state index contributed by atoms with van der Waals surface area (Å²) >= 11 is 29.7. The zero-order valence-corrected chi connectivity index (χ0v) is 82.7. The normalized spacial score (nSPS) is 14.5. The average Bonchev–Trinajstić information content (AvgIpc) is 1.70. The Morgan fingerprint density at radius 1 is 0.395 bits per heavy atom. The van der Waals surface area contributed by atoms with Crippen molar-refractivity contribution in [2.24, 2.45) is 0 Å². The van der Waals surface area contributed by atoms with Gasteiger partial charge in [0.2, 0.25) is 23.6 Å². The van der Waals surface area contributed by atoms with Crippen LogP contribution in [0.15, 0.2) is 213 Å². The number of carbonyl (C=O) groups is 10. The second-order valence-corrected chi connectivity index (χ2v) is 36.7. The van der Waals surface area contributed by atoms with Gasteiger partial charge in [-0.15, -0.1) is 0 Å². The number of fused-ring (bicyclic) bond motifs is 5.